The molecule has 76 valence electrons. The fraction of sp³-hybridized carbons (Fsp3) is 0.417. The Bertz CT molecular complexity index is 342. The third kappa shape index (κ3) is 2.66. The van der Waals surface area contributed by atoms with E-state index in [2.05, 4.69) is 0 Å². The van der Waals surface area contributed by atoms with E-state index in [1.807, 2.05) is 19.9 Å². The maximum absolute atomic E-state index is 13.4. The first-order valence-corrected chi connectivity index (χ1v) is 4.78. The lowest BCUT2D eigenvalue weighted by Crippen LogP contribution is -1.99. The maximum Gasteiger partial charge on any atom is 0.134 e. The average Bonchev–Trinajstić information content (AvgIpc) is 2.01. The number of carbonyl (C=O) groups excluding carboxylic acids is 1. The number of rotatable bonds is 3. The molecule has 0 saturated carbocycles. The summed E-state index contributed by atoms with van der Waals surface area (Å²) in [6.07, 6.45) is 0.315. The van der Waals surface area contributed by atoms with Crippen molar-refractivity contribution in [1.29, 1.82) is 0 Å². The van der Waals surface area contributed by atoms with E-state index in [9.17, 15) is 9.18 Å². The molecule has 0 aliphatic carbocycles. The third-order valence-electron chi connectivity index (χ3n) is 2.14. The highest BCUT2D eigenvalue weighted by molar-refractivity contribution is 5.78. The van der Waals surface area contributed by atoms with E-state index in [0.717, 1.165) is 5.56 Å². The predicted molar refractivity (Wildman–Crippen MR) is 54.9 cm³/mol. The van der Waals surface area contributed by atoms with Gasteiger partial charge in [-0.25, -0.2) is 4.39 Å². The summed E-state index contributed by atoms with van der Waals surface area (Å²) in [6, 6.07) is 5.04. The molecule has 0 N–H and O–H groups in total. The Hall–Kier alpha value is -1.18. The molecule has 14 heavy (non-hydrogen) atoms. The van der Waals surface area contributed by atoms with E-state index < -0.39 is 0 Å². The van der Waals surface area contributed by atoms with Gasteiger partial charge in [0.15, 0.2) is 0 Å². The molecule has 1 nitrogen and oxygen atoms in total. The Labute approximate surface area is 83.9 Å². The minimum atomic E-state index is -0.209. The molecule has 0 atom stereocenters. The Morgan fingerprint density at radius 1 is 1.43 bits per heavy atom. The Morgan fingerprint density at radius 3 is 2.50 bits per heavy atom. The molecule has 0 aromatic heterocycles. The smallest absolute Gasteiger partial charge is 0.134 e. The zero-order valence-electron chi connectivity index (χ0n) is 8.80. The summed E-state index contributed by atoms with van der Waals surface area (Å²) in [7, 11) is 0. The molecule has 0 bridgehead atoms. The largest absolute Gasteiger partial charge is 0.300 e. The fourth-order valence-electron chi connectivity index (χ4n) is 1.44. The van der Waals surface area contributed by atoms with E-state index >= 15 is 0 Å². The summed E-state index contributed by atoms with van der Waals surface area (Å²) < 4.78 is 13.4. The van der Waals surface area contributed by atoms with Gasteiger partial charge in [0.2, 0.25) is 0 Å². The number of Topliss-reactive ketones (excluding diaryl/α,β-unsaturated/α-hetero) is 1. The second-order valence-corrected chi connectivity index (χ2v) is 3.89. The molecule has 1 aromatic rings. The lowest BCUT2D eigenvalue weighted by Gasteiger charge is -2.07. The zero-order chi connectivity index (χ0) is 10.7. The number of hydrogen-bond acceptors (Lipinski definition) is 1. The summed E-state index contributed by atoms with van der Waals surface area (Å²) in [5, 5.41) is 0. The van der Waals surface area contributed by atoms with Crippen molar-refractivity contribution in [1.82, 2.24) is 0 Å². The van der Waals surface area contributed by atoms with Gasteiger partial charge in [0.05, 0.1) is 0 Å². The highest BCUT2D eigenvalue weighted by atomic mass is 19.1. The third-order valence-corrected chi connectivity index (χ3v) is 2.14. The van der Waals surface area contributed by atoms with Crippen molar-refractivity contribution in [2.24, 2.45) is 0 Å². The fourth-order valence-corrected chi connectivity index (χ4v) is 1.44. The molecule has 1 rings (SSSR count). The molecule has 0 aliphatic heterocycles. The van der Waals surface area contributed by atoms with Gasteiger partial charge in [-0.15, -0.1) is 0 Å². The van der Waals surface area contributed by atoms with Crippen LogP contribution < -0.4 is 0 Å². The molecular formula is C12H15FO. The van der Waals surface area contributed by atoms with Gasteiger partial charge in [-0.05, 0) is 30.0 Å². The molecule has 0 heterocycles. The number of benzene rings is 1. The molecule has 2 heteroatoms. The summed E-state index contributed by atoms with van der Waals surface area (Å²) in [5.74, 6) is 0.0295. The van der Waals surface area contributed by atoms with Crippen LogP contribution in [0.25, 0.3) is 0 Å². The second kappa shape index (κ2) is 4.36. The predicted octanol–water partition coefficient (Wildman–Crippen LogP) is 3.08. The highest BCUT2D eigenvalue weighted by Crippen LogP contribution is 2.19. The normalized spacial score (nSPS) is 10.6. The second-order valence-electron chi connectivity index (χ2n) is 3.89. The first kappa shape index (κ1) is 10.9. The lowest BCUT2D eigenvalue weighted by molar-refractivity contribution is -0.116. The monoisotopic (exact) mass is 194 g/mol. The Morgan fingerprint density at radius 2 is 2.07 bits per heavy atom. The van der Waals surface area contributed by atoms with Crippen molar-refractivity contribution in [2.45, 2.75) is 33.1 Å². The van der Waals surface area contributed by atoms with Gasteiger partial charge in [0, 0.05) is 6.42 Å². The van der Waals surface area contributed by atoms with Crippen molar-refractivity contribution in [3.05, 3.63) is 35.1 Å². The van der Waals surface area contributed by atoms with Gasteiger partial charge in [-0.2, -0.15) is 0 Å². The first-order chi connectivity index (χ1) is 6.50. The lowest BCUT2D eigenvalue weighted by atomic mass is 9.99. The Kier molecular flexibility index (Phi) is 3.39. The molecule has 0 saturated heterocycles. The minimum absolute atomic E-state index is 0.0571. The van der Waals surface area contributed by atoms with Crippen LogP contribution in [0.2, 0.25) is 0 Å². The minimum Gasteiger partial charge on any atom is -0.300 e. The van der Waals surface area contributed by atoms with E-state index in [1.165, 1.54) is 13.0 Å². The summed E-state index contributed by atoms with van der Waals surface area (Å²) in [6.45, 7) is 5.40. The molecule has 0 aliphatic rings. The van der Waals surface area contributed by atoms with Crippen molar-refractivity contribution < 1.29 is 9.18 Å². The van der Waals surface area contributed by atoms with E-state index in [1.54, 1.807) is 6.07 Å². The van der Waals surface area contributed by atoms with Crippen LogP contribution in [0, 0.1) is 5.82 Å². The van der Waals surface area contributed by atoms with Gasteiger partial charge in [0.1, 0.15) is 11.6 Å². The summed E-state index contributed by atoms with van der Waals surface area (Å²) in [5.41, 5.74) is 1.46. The van der Waals surface area contributed by atoms with Crippen LogP contribution >= 0.6 is 0 Å². The summed E-state index contributed by atoms with van der Waals surface area (Å²) in [4.78, 5) is 10.8. The van der Waals surface area contributed by atoms with Crippen LogP contribution in [0.4, 0.5) is 4.39 Å². The van der Waals surface area contributed by atoms with Crippen LogP contribution in [-0.2, 0) is 11.2 Å². The SMILES string of the molecule is CC(=O)Cc1ccc(C(C)C)c(F)c1. The first-order valence-electron chi connectivity index (χ1n) is 4.78. The van der Waals surface area contributed by atoms with Crippen molar-refractivity contribution in [3.8, 4) is 0 Å². The average molecular weight is 194 g/mol. The molecule has 1 aromatic carbocycles. The molecule has 0 fully saturated rings. The van der Waals surface area contributed by atoms with Crippen LogP contribution in [-0.4, -0.2) is 5.78 Å². The Balaban J connectivity index is 2.94. The van der Waals surface area contributed by atoms with E-state index in [0.29, 0.717) is 12.0 Å². The van der Waals surface area contributed by atoms with Crippen molar-refractivity contribution >= 4 is 5.78 Å². The molecule has 0 radical (unpaired) electrons. The topological polar surface area (TPSA) is 17.1 Å². The van der Waals surface area contributed by atoms with Gasteiger partial charge in [0.25, 0.3) is 0 Å². The number of ketones is 1. The zero-order valence-corrected chi connectivity index (χ0v) is 8.80. The van der Waals surface area contributed by atoms with Crippen molar-refractivity contribution in [2.75, 3.05) is 0 Å². The number of halogens is 1. The number of carbonyl (C=O) groups is 1. The molecule has 0 amide bonds. The maximum atomic E-state index is 13.4. The van der Waals surface area contributed by atoms with E-state index in [-0.39, 0.29) is 17.5 Å². The van der Waals surface area contributed by atoms with Gasteiger partial charge in [-0.1, -0.05) is 26.0 Å². The van der Waals surface area contributed by atoms with Gasteiger partial charge in [-0.3, -0.25) is 4.79 Å². The van der Waals surface area contributed by atoms with Gasteiger partial charge < -0.3 is 0 Å². The van der Waals surface area contributed by atoms with Gasteiger partial charge >= 0.3 is 0 Å². The highest BCUT2D eigenvalue weighted by Gasteiger charge is 2.07. The quantitative estimate of drug-likeness (QED) is 0.722. The standard InChI is InChI=1S/C12H15FO/c1-8(2)11-5-4-10(6-9(3)14)7-12(11)13/h4-5,7-8H,6H2,1-3H3. The number of hydrogen-bond donors (Lipinski definition) is 0. The molecule has 0 unspecified atom stereocenters. The van der Waals surface area contributed by atoms with Crippen LogP contribution in [0.5, 0.6) is 0 Å². The summed E-state index contributed by atoms with van der Waals surface area (Å²) >= 11 is 0. The van der Waals surface area contributed by atoms with Crippen molar-refractivity contribution in [3.63, 3.8) is 0 Å². The van der Waals surface area contributed by atoms with E-state index in [4.69, 9.17) is 0 Å². The molecule has 0 spiro atoms. The van der Waals surface area contributed by atoms with Crippen LogP contribution in [0.15, 0.2) is 18.2 Å². The van der Waals surface area contributed by atoms with Crippen LogP contribution in [0.3, 0.4) is 0 Å². The molecular weight excluding hydrogens is 179 g/mol. The van der Waals surface area contributed by atoms with Crippen LogP contribution in [0.1, 0.15) is 37.8 Å².